The fourth-order valence-electron chi connectivity index (χ4n) is 10.3. The molecule has 12 rings (SSSR count). The van der Waals surface area contributed by atoms with E-state index in [2.05, 4.69) is 65.9 Å². The zero-order chi connectivity index (χ0) is 52.9. The van der Waals surface area contributed by atoms with Gasteiger partial charge in [0.1, 0.15) is 52.2 Å². The third-order valence-corrected chi connectivity index (χ3v) is 13.2. The van der Waals surface area contributed by atoms with Crippen molar-refractivity contribution < 1.29 is 13.2 Å². The molecule has 18 heteroatoms. The lowest BCUT2D eigenvalue weighted by Crippen LogP contribution is -2.16. The van der Waals surface area contributed by atoms with E-state index in [1.165, 1.54) is 0 Å². The first-order chi connectivity index (χ1) is 36.5. The van der Waals surface area contributed by atoms with E-state index >= 15 is 13.2 Å². The van der Waals surface area contributed by atoms with Crippen molar-refractivity contribution in [3.63, 3.8) is 0 Å². The van der Waals surface area contributed by atoms with Crippen LogP contribution in [0.3, 0.4) is 0 Å². The Morgan fingerprint density at radius 2 is 0.658 bits per heavy atom. The van der Waals surface area contributed by atoms with Gasteiger partial charge in [-0.2, -0.15) is 18.4 Å². The summed E-state index contributed by atoms with van der Waals surface area (Å²) < 4.78 is 55.2. The Labute approximate surface area is 432 Å². The topological polar surface area (TPSA) is 188 Å². The standard InChI is InChI=1S/C58H42F3N15/c1-28-63-29(2)68-54(67-28)38-12-16-43-44-17-13-39(55-69-30(3)64-31(4)70-55)22-48(44)75(47(43)21-38)51-25-42(37-11-9-10-36(20-37)27-62)26-52(53(51)58(59,60)61)76-49-23-40(56-71-32(5)65-33(6)72-56)14-18-45(49)46-19-15-41(24-50(46)76)57-73-34(7)66-35(8)74-57/h9-26H,1-8H3. The van der Waals surface area contributed by atoms with Crippen molar-refractivity contribution in [1.82, 2.24) is 68.9 Å². The molecule has 76 heavy (non-hydrogen) atoms. The summed E-state index contributed by atoms with van der Waals surface area (Å²) in [6.45, 7) is 14.1. The van der Waals surface area contributed by atoms with Gasteiger partial charge in [-0.05, 0) is 115 Å². The fraction of sp³-hybridized carbons (Fsp3) is 0.155. The highest BCUT2D eigenvalue weighted by molar-refractivity contribution is 6.13. The number of hydrogen-bond acceptors (Lipinski definition) is 13. The Morgan fingerprint density at radius 3 is 0.934 bits per heavy atom. The molecule has 15 nitrogen and oxygen atoms in total. The molecule has 6 heterocycles. The maximum atomic E-state index is 17.3. The number of benzene rings is 6. The van der Waals surface area contributed by atoms with Gasteiger partial charge in [0.2, 0.25) is 0 Å². The number of rotatable bonds is 7. The average Bonchev–Trinajstić information content (AvgIpc) is 3.88. The number of nitriles is 1. The van der Waals surface area contributed by atoms with E-state index < -0.39 is 11.7 Å². The quantitative estimate of drug-likeness (QED) is 0.147. The highest BCUT2D eigenvalue weighted by Crippen LogP contribution is 2.47. The van der Waals surface area contributed by atoms with Gasteiger partial charge in [0, 0.05) is 43.8 Å². The zero-order valence-electron chi connectivity index (χ0n) is 42.2. The van der Waals surface area contributed by atoms with Crippen LogP contribution in [0.15, 0.2) is 109 Å². The van der Waals surface area contributed by atoms with Crippen LogP contribution in [0.5, 0.6) is 0 Å². The summed E-state index contributed by atoms with van der Waals surface area (Å²) in [5, 5.41) is 12.9. The predicted octanol–water partition coefficient (Wildman–Crippen LogP) is 12.3. The molecule has 0 radical (unpaired) electrons. The second-order valence-corrected chi connectivity index (χ2v) is 18.7. The molecule has 0 aliphatic rings. The molecule has 0 amide bonds. The first kappa shape index (κ1) is 47.3. The molecule has 0 saturated carbocycles. The van der Waals surface area contributed by atoms with E-state index in [-0.39, 0.29) is 11.4 Å². The SMILES string of the molecule is Cc1nc(C)nc(-c2ccc3c4ccc(-c5nc(C)nc(C)n5)cc4n(-c4cc(-c5cccc(C#N)c5)cc(-n5c6cc(-c7nc(C)nc(C)n7)ccc6c6ccc(-c7nc(C)nc(C)n7)cc65)c4C(F)(F)F)c3c2)n1. The molecule has 370 valence electrons. The molecule has 6 aromatic carbocycles. The van der Waals surface area contributed by atoms with E-state index in [1.807, 2.05) is 72.8 Å². The van der Waals surface area contributed by atoms with E-state index in [0.717, 1.165) is 0 Å². The minimum absolute atomic E-state index is 0.197. The second kappa shape index (κ2) is 17.7. The van der Waals surface area contributed by atoms with E-state index in [4.69, 9.17) is 0 Å². The van der Waals surface area contributed by atoms with E-state index in [1.54, 1.807) is 101 Å². The molecule has 0 bridgehead atoms. The Kier molecular flexibility index (Phi) is 11.0. The van der Waals surface area contributed by atoms with Gasteiger partial charge in [-0.25, -0.2) is 59.8 Å². The van der Waals surface area contributed by atoms with Crippen molar-refractivity contribution in [2.45, 2.75) is 61.6 Å². The van der Waals surface area contributed by atoms with Crippen molar-refractivity contribution in [1.29, 1.82) is 5.26 Å². The Balaban J connectivity index is 1.27. The van der Waals surface area contributed by atoms with Crippen molar-refractivity contribution in [3.8, 4) is 74.1 Å². The number of alkyl halides is 3. The lowest BCUT2D eigenvalue weighted by molar-refractivity contribution is -0.137. The summed E-state index contributed by atoms with van der Waals surface area (Å²) in [7, 11) is 0. The molecule has 12 aromatic rings. The molecule has 0 aliphatic carbocycles. The van der Waals surface area contributed by atoms with Crippen LogP contribution in [0.4, 0.5) is 13.2 Å². The maximum absolute atomic E-state index is 17.3. The number of nitrogens with zero attached hydrogens (tertiary/aromatic N) is 15. The molecule has 0 saturated heterocycles. The Hall–Kier alpha value is -9.76. The normalized spacial score (nSPS) is 11.9. The summed E-state index contributed by atoms with van der Waals surface area (Å²) in [5.74, 6) is 5.39. The van der Waals surface area contributed by atoms with Crippen LogP contribution in [0.1, 0.15) is 57.7 Å². The summed E-state index contributed by atoms with van der Waals surface area (Å²) in [5.41, 5.74) is 3.92. The third-order valence-electron chi connectivity index (χ3n) is 13.2. The van der Waals surface area contributed by atoms with Crippen molar-refractivity contribution in [2.75, 3.05) is 0 Å². The number of hydrogen-bond donors (Lipinski definition) is 0. The molecular formula is C58H42F3N15. The van der Waals surface area contributed by atoms with Crippen LogP contribution in [0, 0.1) is 66.7 Å². The largest absolute Gasteiger partial charge is 0.420 e. The monoisotopic (exact) mass is 1010 g/mol. The molecule has 6 aromatic heterocycles. The Bertz CT molecular complexity index is 3930. The van der Waals surface area contributed by atoms with Gasteiger partial charge in [0.05, 0.1) is 45.1 Å². The van der Waals surface area contributed by atoms with Gasteiger partial charge in [0.25, 0.3) is 0 Å². The van der Waals surface area contributed by atoms with Crippen LogP contribution in [-0.4, -0.2) is 68.9 Å². The Morgan fingerprint density at radius 1 is 0.355 bits per heavy atom. The highest BCUT2D eigenvalue weighted by atomic mass is 19.4. The van der Waals surface area contributed by atoms with Crippen LogP contribution >= 0.6 is 0 Å². The van der Waals surface area contributed by atoms with Gasteiger partial charge < -0.3 is 9.13 Å². The molecule has 0 aliphatic heterocycles. The van der Waals surface area contributed by atoms with E-state index in [9.17, 15) is 5.26 Å². The predicted molar refractivity (Wildman–Crippen MR) is 283 cm³/mol. The average molecular weight is 1010 g/mol. The maximum Gasteiger partial charge on any atom is 0.420 e. The van der Waals surface area contributed by atoms with Crippen molar-refractivity contribution in [3.05, 3.63) is 167 Å². The summed E-state index contributed by atoms with van der Waals surface area (Å²) in [4.78, 5) is 54.8. The molecule has 0 atom stereocenters. The van der Waals surface area contributed by atoms with Crippen molar-refractivity contribution in [2.24, 2.45) is 0 Å². The lowest BCUT2D eigenvalue weighted by Gasteiger charge is -2.23. The summed E-state index contributed by atoms with van der Waals surface area (Å²) >= 11 is 0. The van der Waals surface area contributed by atoms with Gasteiger partial charge in [-0.15, -0.1) is 0 Å². The number of fused-ring (bicyclic) bond motifs is 6. The van der Waals surface area contributed by atoms with Gasteiger partial charge >= 0.3 is 6.18 Å². The van der Waals surface area contributed by atoms with Crippen molar-refractivity contribution >= 4 is 43.6 Å². The second-order valence-electron chi connectivity index (χ2n) is 18.7. The molecule has 0 unspecified atom stereocenters. The van der Waals surface area contributed by atoms with Crippen LogP contribution < -0.4 is 0 Å². The summed E-state index contributed by atoms with van der Waals surface area (Å²) in [6, 6.07) is 34.4. The highest BCUT2D eigenvalue weighted by Gasteiger charge is 2.40. The minimum atomic E-state index is -5.02. The summed E-state index contributed by atoms with van der Waals surface area (Å²) in [6.07, 6.45) is -5.02. The zero-order valence-corrected chi connectivity index (χ0v) is 42.2. The first-order valence-corrected chi connectivity index (χ1v) is 24.2. The molecular weight excluding hydrogens is 964 g/mol. The molecule has 0 fully saturated rings. The van der Waals surface area contributed by atoms with Gasteiger partial charge in [-0.3, -0.25) is 0 Å². The fourth-order valence-corrected chi connectivity index (χ4v) is 10.3. The van der Waals surface area contributed by atoms with Crippen LogP contribution in [0.25, 0.3) is 112 Å². The van der Waals surface area contributed by atoms with Gasteiger partial charge in [0.15, 0.2) is 23.3 Å². The minimum Gasteiger partial charge on any atom is -0.308 e. The smallest absolute Gasteiger partial charge is 0.308 e. The number of aromatic nitrogens is 14. The number of aryl methyl sites for hydroxylation is 8. The van der Waals surface area contributed by atoms with Gasteiger partial charge in [-0.1, -0.05) is 60.7 Å². The number of halogens is 3. The van der Waals surface area contributed by atoms with E-state index in [0.29, 0.717) is 152 Å². The first-order valence-electron chi connectivity index (χ1n) is 24.2. The van der Waals surface area contributed by atoms with Crippen LogP contribution in [-0.2, 0) is 6.18 Å². The molecule has 0 N–H and O–H groups in total. The van der Waals surface area contributed by atoms with Crippen LogP contribution in [0.2, 0.25) is 0 Å². The molecule has 0 spiro atoms. The lowest BCUT2D eigenvalue weighted by atomic mass is 9.98. The third kappa shape index (κ3) is 8.27.